The minimum absolute atomic E-state index is 0. The van der Waals surface area contributed by atoms with Crippen LogP contribution in [-0.2, 0) is 9.59 Å². The van der Waals surface area contributed by atoms with Crippen LogP contribution in [0.25, 0.3) is 0 Å². The number of aliphatic carboxylic acids is 2. The molecular formula is C9H17NaO4. The van der Waals surface area contributed by atoms with Crippen LogP contribution in [0.4, 0.5) is 0 Å². The van der Waals surface area contributed by atoms with E-state index < -0.39 is 18.4 Å². The molecule has 0 saturated carbocycles. The van der Waals surface area contributed by atoms with Crippen molar-refractivity contribution < 1.29 is 49.4 Å². The number of hydrogen-bond donors (Lipinski definition) is 2. The Morgan fingerprint density at radius 2 is 1.57 bits per heavy atom. The molecule has 2 N–H and O–H groups in total. The van der Waals surface area contributed by atoms with E-state index in [1.807, 2.05) is 0 Å². The summed E-state index contributed by atoms with van der Waals surface area (Å²) < 4.78 is 0. The van der Waals surface area contributed by atoms with Crippen molar-refractivity contribution in [2.24, 2.45) is 0 Å². The summed E-state index contributed by atoms with van der Waals surface area (Å²) in [6.45, 7) is 5.93. The Hall–Kier alpha value is -0.0600. The van der Waals surface area contributed by atoms with E-state index in [0.717, 1.165) is 6.42 Å². The van der Waals surface area contributed by atoms with Gasteiger partial charge in [0.05, 0.1) is 0 Å². The zero-order valence-corrected chi connectivity index (χ0v) is 11.0. The SMILES string of the molecule is O=C(O)CC(=O)O.[CH2-]CCCCC.[Na+]. The van der Waals surface area contributed by atoms with Crippen molar-refractivity contribution in [3.8, 4) is 0 Å². The normalized spacial score (nSPS) is 7.86. The monoisotopic (exact) mass is 212 g/mol. The van der Waals surface area contributed by atoms with Gasteiger partial charge in [0, 0.05) is 0 Å². The number of rotatable bonds is 5. The van der Waals surface area contributed by atoms with Crippen LogP contribution >= 0.6 is 0 Å². The number of carbonyl (C=O) groups is 2. The van der Waals surface area contributed by atoms with Gasteiger partial charge in [-0.15, -0.1) is 0 Å². The predicted molar refractivity (Wildman–Crippen MR) is 49.4 cm³/mol. The van der Waals surface area contributed by atoms with Crippen molar-refractivity contribution in [2.45, 2.75) is 39.0 Å². The molecule has 0 amide bonds. The van der Waals surface area contributed by atoms with E-state index in [4.69, 9.17) is 10.2 Å². The topological polar surface area (TPSA) is 74.6 Å². The van der Waals surface area contributed by atoms with Gasteiger partial charge in [-0.1, -0.05) is 26.2 Å². The summed E-state index contributed by atoms with van der Waals surface area (Å²) in [6.07, 6.45) is 4.27. The quantitative estimate of drug-likeness (QED) is 0.264. The molecular weight excluding hydrogens is 195 g/mol. The molecule has 0 spiro atoms. The van der Waals surface area contributed by atoms with E-state index in [-0.39, 0.29) is 29.6 Å². The van der Waals surface area contributed by atoms with E-state index in [1.54, 1.807) is 0 Å². The molecule has 0 aliphatic heterocycles. The first-order valence-electron chi connectivity index (χ1n) is 4.27. The molecule has 4 nitrogen and oxygen atoms in total. The largest absolute Gasteiger partial charge is 1.00 e. The van der Waals surface area contributed by atoms with Crippen LogP contribution in [0.2, 0.25) is 0 Å². The number of carboxylic acids is 2. The summed E-state index contributed by atoms with van der Waals surface area (Å²) in [5.74, 6) is -2.62. The smallest absolute Gasteiger partial charge is 0.481 e. The Labute approximate surface area is 107 Å². The fourth-order valence-electron chi connectivity index (χ4n) is 0.556. The second-order valence-corrected chi connectivity index (χ2v) is 2.52. The molecule has 0 aromatic carbocycles. The maximum atomic E-state index is 9.43. The zero-order valence-electron chi connectivity index (χ0n) is 8.95. The molecule has 0 heterocycles. The van der Waals surface area contributed by atoms with Crippen LogP contribution in [0.1, 0.15) is 39.0 Å². The van der Waals surface area contributed by atoms with Crippen molar-refractivity contribution in [1.82, 2.24) is 0 Å². The maximum absolute atomic E-state index is 9.43. The fraction of sp³-hybridized carbons (Fsp3) is 0.667. The molecule has 0 radical (unpaired) electrons. The van der Waals surface area contributed by atoms with Crippen molar-refractivity contribution in [3.63, 3.8) is 0 Å². The molecule has 78 valence electrons. The van der Waals surface area contributed by atoms with Crippen LogP contribution < -0.4 is 29.6 Å². The van der Waals surface area contributed by atoms with Crippen molar-refractivity contribution in [3.05, 3.63) is 6.92 Å². The van der Waals surface area contributed by atoms with E-state index in [1.165, 1.54) is 19.3 Å². The molecule has 0 aromatic heterocycles. The molecule has 0 bridgehead atoms. The van der Waals surface area contributed by atoms with Crippen LogP contribution in [0.5, 0.6) is 0 Å². The van der Waals surface area contributed by atoms with Crippen molar-refractivity contribution in [2.75, 3.05) is 0 Å². The molecule has 14 heavy (non-hydrogen) atoms. The van der Waals surface area contributed by atoms with Gasteiger partial charge >= 0.3 is 41.5 Å². The fourth-order valence-corrected chi connectivity index (χ4v) is 0.556. The van der Waals surface area contributed by atoms with Crippen LogP contribution in [-0.4, -0.2) is 22.2 Å². The zero-order chi connectivity index (χ0) is 10.7. The van der Waals surface area contributed by atoms with Gasteiger partial charge in [0.1, 0.15) is 6.42 Å². The molecule has 0 saturated heterocycles. The third-order valence-corrected chi connectivity index (χ3v) is 1.16. The summed E-state index contributed by atoms with van der Waals surface area (Å²) in [7, 11) is 0. The Balaban J connectivity index is -0.000000163. The Bertz CT molecular complexity index is 132. The van der Waals surface area contributed by atoms with Crippen molar-refractivity contribution in [1.29, 1.82) is 0 Å². The molecule has 0 aliphatic rings. The number of carboxylic acid groups (broad SMARTS) is 2. The first kappa shape index (κ1) is 19.5. The Morgan fingerprint density at radius 1 is 1.14 bits per heavy atom. The summed E-state index contributed by atoms with van der Waals surface area (Å²) in [6, 6.07) is 0. The molecule has 0 aliphatic carbocycles. The van der Waals surface area contributed by atoms with Gasteiger partial charge in [0.2, 0.25) is 0 Å². The predicted octanol–water partition coefficient (Wildman–Crippen LogP) is -1.05. The first-order chi connectivity index (χ1) is 6.04. The van der Waals surface area contributed by atoms with Gasteiger partial charge in [0.25, 0.3) is 0 Å². The van der Waals surface area contributed by atoms with Gasteiger partial charge in [0.15, 0.2) is 0 Å². The Kier molecular flexibility index (Phi) is 21.5. The van der Waals surface area contributed by atoms with Gasteiger partial charge in [-0.2, -0.15) is 6.42 Å². The van der Waals surface area contributed by atoms with Gasteiger partial charge < -0.3 is 17.1 Å². The number of unbranched alkanes of at least 4 members (excludes halogenated alkanes) is 3. The van der Waals surface area contributed by atoms with E-state index in [0.29, 0.717) is 0 Å². The Morgan fingerprint density at radius 3 is 1.64 bits per heavy atom. The average Bonchev–Trinajstić information content (AvgIpc) is 1.99. The summed E-state index contributed by atoms with van der Waals surface area (Å²) in [5.41, 5.74) is 0. The first-order valence-corrected chi connectivity index (χ1v) is 4.27. The van der Waals surface area contributed by atoms with Gasteiger partial charge in [-0.25, -0.2) is 0 Å². The van der Waals surface area contributed by atoms with Crippen LogP contribution in [0, 0.1) is 6.92 Å². The molecule has 5 heteroatoms. The minimum Gasteiger partial charge on any atom is -0.481 e. The molecule has 0 aromatic rings. The second kappa shape index (κ2) is 15.4. The molecule has 0 atom stereocenters. The summed E-state index contributed by atoms with van der Waals surface area (Å²) in [5, 5.41) is 15.4. The minimum atomic E-state index is -1.31. The van der Waals surface area contributed by atoms with E-state index in [9.17, 15) is 9.59 Å². The standard InChI is InChI=1S/C6H13.C3H4O4.Na/c1-3-5-6-4-2;4-2(5)1-3(6)7;/h1,3-6H2,2H3;1H2,(H,4,5)(H,6,7);/q-1;;+1. The van der Waals surface area contributed by atoms with E-state index >= 15 is 0 Å². The van der Waals surface area contributed by atoms with Gasteiger partial charge in [-0.3, -0.25) is 9.59 Å². The third-order valence-electron chi connectivity index (χ3n) is 1.16. The second-order valence-electron chi connectivity index (χ2n) is 2.52. The summed E-state index contributed by atoms with van der Waals surface area (Å²) in [4.78, 5) is 18.9. The molecule has 0 unspecified atom stereocenters. The van der Waals surface area contributed by atoms with Crippen LogP contribution in [0.15, 0.2) is 0 Å². The van der Waals surface area contributed by atoms with Crippen LogP contribution in [0.3, 0.4) is 0 Å². The maximum Gasteiger partial charge on any atom is 1.00 e. The average molecular weight is 212 g/mol. The van der Waals surface area contributed by atoms with Crippen molar-refractivity contribution >= 4 is 11.9 Å². The number of hydrogen-bond acceptors (Lipinski definition) is 2. The van der Waals surface area contributed by atoms with E-state index in [2.05, 4.69) is 13.8 Å². The van der Waals surface area contributed by atoms with Gasteiger partial charge in [-0.05, 0) is 0 Å². The summed E-state index contributed by atoms with van der Waals surface area (Å²) >= 11 is 0. The molecule has 0 rings (SSSR count). The third kappa shape index (κ3) is 29.7. The molecule has 0 fully saturated rings.